The van der Waals surface area contributed by atoms with Crippen molar-refractivity contribution in [3.8, 4) is 0 Å². The lowest BCUT2D eigenvalue weighted by Crippen LogP contribution is -2.01. The van der Waals surface area contributed by atoms with Gasteiger partial charge in [0.2, 0.25) is 5.90 Å². The summed E-state index contributed by atoms with van der Waals surface area (Å²) in [5.74, 6) is -0.109. The summed E-state index contributed by atoms with van der Waals surface area (Å²) in [5, 5.41) is 7.25. The summed E-state index contributed by atoms with van der Waals surface area (Å²) in [6.07, 6.45) is -2.51. The van der Waals surface area contributed by atoms with Gasteiger partial charge < -0.3 is 4.74 Å². The minimum Gasteiger partial charge on any atom is -0.481 e. The van der Waals surface area contributed by atoms with Crippen LogP contribution in [0.5, 0.6) is 0 Å². The van der Waals surface area contributed by atoms with E-state index < -0.39 is 6.43 Å². The molecule has 0 aliphatic heterocycles. The van der Waals surface area contributed by atoms with Gasteiger partial charge in [-0.3, -0.25) is 5.41 Å². The third kappa shape index (κ3) is 2.24. The molecule has 0 heterocycles. The maximum absolute atomic E-state index is 12.2. The van der Waals surface area contributed by atoms with E-state index in [-0.39, 0.29) is 11.5 Å². The van der Waals surface area contributed by atoms with Crippen molar-refractivity contribution in [3.63, 3.8) is 0 Å². The molecule has 1 aromatic carbocycles. The van der Waals surface area contributed by atoms with Crippen molar-refractivity contribution in [2.75, 3.05) is 7.11 Å². The third-order valence-corrected chi connectivity index (χ3v) is 1.60. The average molecular weight is 185 g/mol. The molecule has 0 amide bonds. The van der Waals surface area contributed by atoms with Crippen molar-refractivity contribution in [1.82, 2.24) is 0 Å². The maximum atomic E-state index is 12.2. The standard InChI is InChI=1S/C9H9F2NO/c1-13-9(12)7-4-2-3-6(5-7)8(10)11/h2-5,8,12H,1H3. The average Bonchev–Trinajstić information content (AvgIpc) is 2.17. The Labute approximate surface area is 74.7 Å². The SMILES string of the molecule is COC(=N)c1cccc(C(F)F)c1. The maximum Gasteiger partial charge on any atom is 0.263 e. The molecule has 0 aliphatic rings. The lowest BCUT2D eigenvalue weighted by molar-refractivity contribution is 0.151. The minimum absolute atomic E-state index is 0.0979. The van der Waals surface area contributed by atoms with Crippen LogP contribution in [-0.2, 0) is 4.74 Å². The van der Waals surface area contributed by atoms with E-state index in [2.05, 4.69) is 4.74 Å². The van der Waals surface area contributed by atoms with Crippen LogP contribution in [0.25, 0.3) is 0 Å². The highest BCUT2D eigenvalue weighted by Gasteiger charge is 2.08. The van der Waals surface area contributed by atoms with E-state index in [1.165, 1.54) is 25.3 Å². The normalized spacial score (nSPS) is 10.2. The first-order valence-electron chi connectivity index (χ1n) is 3.66. The highest BCUT2D eigenvalue weighted by atomic mass is 19.3. The molecule has 1 N–H and O–H groups in total. The van der Waals surface area contributed by atoms with Crippen LogP contribution in [0.4, 0.5) is 8.78 Å². The number of alkyl halides is 2. The molecule has 0 saturated carbocycles. The molecule has 4 heteroatoms. The van der Waals surface area contributed by atoms with Gasteiger partial charge in [-0.25, -0.2) is 8.78 Å². The largest absolute Gasteiger partial charge is 0.481 e. The quantitative estimate of drug-likeness (QED) is 0.557. The fourth-order valence-electron chi connectivity index (χ4n) is 0.933. The molecular weight excluding hydrogens is 176 g/mol. The van der Waals surface area contributed by atoms with Crippen molar-refractivity contribution in [2.45, 2.75) is 6.43 Å². The molecule has 0 bridgehead atoms. The predicted octanol–water partition coefficient (Wildman–Crippen LogP) is 2.60. The van der Waals surface area contributed by atoms with Crippen LogP contribution in [0.15, 0.2) is 24.3 Å². The first kappa shape index (κ1) is 9.64. The van der Waals surface area contributed by atoms with Crippen molar-refractivity contribution in [3.05, 3.63) is 35.4 Å². The molecule has 70 valence electrons. The molecule has 0 radical (unpaired) electrons. The molecular formula is C9H9F2NO. The smallest absolute Gasteiger partial charge is 0.263 e. The molecule has 0 unspecified atom stereocenters. The van der Waals surface area contributed by atoms with Gasteiger partial charge in [-0.05, 0) is 12.1 Å². The van der Waals surface area contributed by atoms with E-state index in [9.17, 15) is 8.78 Å². The second kappa shape index (κ2) is 3.98. The number of nitrogens with one attached hydrogen (secondary N) is 1. The molecule has 2 nitrogen and oxygen atoms in total. The molecule has 1 aromatic rings. The van der Waals surface area contributed by atoms with Crippen LogP contribution >= 0.6 is 0 Å². The van der Waals surface area contributed by atoms with E-state index in [1.54, 1.807) is 6.07 Å². The predicted molar refractivity (Wildman–Crippen MR) is 45.2 cm³/mol. The lowest BCUT2D eigenvalue weighted by atomic mass is 10.1. The summed E-state index contributed by atoms with van der Waals surface area (Å²) in [6.45, 7) is 0. The summed E-state index contributed by atoms with van der Waals surface area (Å²) in [4.78, 5) is 0. The third-order valence-electron chi connectivity index (χ3n) is 1.60. The van der Waals surface area contributed by atoms with Crippen molar-refractivity contribution >= 4 is 5.90 Å². The highest BCUT2D eigenvalue weighted by molar-refractivity contribution is 5.91. The summed E-state index contributed by atoms with van der Waals surface area (Å²) < 4.78 is 29.0. The molecule has 0 saturated heterocycles. The Morgan fingerprint density at radius 3 is 2.69 bits per heavy atom. The van der Waals surface area contributed by atoms with Gasteiger partial charge in [0, 0.05) is 11.1 Å². The Balaban J connectivity index is 2.98. The van der Waals surface area contributed by atoms with E-state index in [4.69, 9.17) is 5.41 Å². The van der Waals surface area contributed by atoms with Crippen molar-refractivity contribution in [2.24, 2.45) is 0 Å². The number of rotatable bonds is 2. The van der Waals surface area contributed by atoms with E-state index >= 15 is 0 Å². The Kier molecular flexibility index (Phi) is 2.95. The fraction of sp³-hybridized carbons (Fsp3) is 0.222. The highest BCUT2D eigenvalue weighted by Crippen LogP contribution is 2.19. The molecule has 0 aliphatic carbocycles. The lowest BCUT2D eigenvalue weighted by Gasteiger charge is -2.04. The minimum atomic E-state index is -2.51. The second-order valence-electron chi connectivity index (χ2n) is 2.46. The van der Waals surface area contributed by atoms with E-state index in [0.29, 0.717) is 5.56 Å². The Morgan fingerprint density at radius 1 is 1.46 bits per heavy atom. The van der Waals surface area contributed by atoms with Crippen LogP contribution in [0.1, 0.15) is 17.6 Å². The van der Waals surface area contributed by atoms with Gasteiger partial charge in [0.25, 0.3) is 6.43 Å². The van der Waals surface area contributed by atoms with Gasteiger partial charge in [0.1, 0.15) is 0 Å². The van der Waals surface area contributed by atoms with Crippen molar-refractivity contribution in [1.29, 1.82) is 5.41 Å². The van der Waals surface area contributed by atoms with Gasteiger partial charge in [-0.1, -0.05) is 12.1 Å². The number of halogens is 2. The molecule has 0 atom stereocenters. The Morgan fingerprint density at radius 2 is 2.15 bits per heavy atom. The molecule has 0 aromatic heterocycles. The van der Waals surface area contributed by atoms with Crippen LogP contribution < -0.4 is 0 Å². The van der Waals surface area contributed by atoms with Crippen LogP contribution in [0, 0.1) is 5.41 Å². The molecule has 1 rings (SSSR count). The summed E-state index contributed by atoms with van der Waals surface area (Å²) in [5.41, 5.74) is 0.264. The van der Waals surface area contributed by atoms with Crippen molar-refractivity contribution < 1.29 is 13.5 Å². The van der Waals surface area contributed by atoms with Crippen LogP contribution in [-0.4, -0.2) is 13.0 Å². The zero-order chi connectivity index (χ0) is 9.84. The summed E-state index contributed by atoms with van der Waals surface area (Å²) >= 11 is 0. The number of ether oxygens (including phenoxy) is 1. The Hall–Kier alpha value is -1.45. The zero-order valence-corrected chi connectivity index (χ0v) is 7.05. The molecule has 0 spiro atoms. The summed E-state index contributed by atoms with van der Waals surface area (Å²) in [6, 6.07) is 5.59. The fourth-order valence-corrected chi connectivity index (χ4v) is 0.933. The number of hydrogen-bond donors (Lipinski definition) is 1. The first-order valence-corrected chi connectivity index (χ1v) is 3.66. The van der Waals surface area contributed by atoms with Crippen LogP contribution in [0.2, 0.25) is 0 Å². The number of benzene rings is 1. The molecule has 13 heavy (non-hydrogen) atoms. The van der Waals surface area contributed by atoms with Gasteiger partial charge in [0.15, 0.2) is 0 Å². The van der Waals surface area contributed by atoms with Gasteiger partial charge in [0.05, 0.1) is 7.11 Å². The second-order valence-corrected chi connectivity index (χ2v) is 2.46. The number of hydrogen-bond acceptors (Lipinski definition) is 2. The summed E-state index contributed by atoms with van der Waals surface area (Å²) in [7, 11) is 1.33. The molecule has 0 fully saturated rings. The zero-order valence-electron chi connectivity index (χ0n) is 7.05. The number of methoxy groups -OCH3 is 1. The van der Waals surface area contributed by atoms with Gasteiger partial charge in [-0.2, -0.15) is 0 Å². The Bertz CT molecular complexity index is 312. The van der Waals surface area contributed by atoms with Gasteiger partial charge in [-0.15, -0.1) is 0 Å². The van der Waals surface area contributed by atoms with Gasteiger partial charge >= 0.3 is 0 Å². The van der Waals surface area contributed by atoms with Crippen LogP contribution in [0.3, 0.4) is 0 Å². The first-order chi connectivity index (χ1) is 6.15. The topological polar surface area (TPSA) is 33.1 Å². The van der Waals surface area contributed by atoms with E-state index in [1.807, 2.05) is 0 Å². The van der Waals surface area contributed by atoms with E-state index in [0.717, 1.165) is 0 Å². The monoisotopic (exact) mass is 185 g/mol.